The number of hydrogen-bond acceptors (Lipinski definition) is 4. The lowest BCUT2D eigenvalue weighted by Gasteiger charge is -2.31. The Hall–Kier alpha value is -2.12. The van der Waals surface area contributed by atoms with Crippen molar-refractivity contribution in [1.29, 1.82) is 5.26 Å². The number of nitriles is 1. The minimum absolute atomic E-state index is 0.398. The van der Waals surface area contributed by atoms with Crippen LogP contribution in [0.1, 0.15) is 46.1 Å². The van der Waals surface area contributed by atoms with Gasteiger partial charge in [-0.2, -0.15) is 5.26 Å². The fourth-order valence-electron chi connectivity index (χ4n) is 2.87. The number of aliphatic imine (C=N–C) groups is 1. The third-order valence-electron chi connectivity index (χ3n) is 3.83. The van der Waals surface area contributed by atoms with Crippen molar-refractivity contribution in [1.82, 2.24) is 0 Å². The Kier molecular flexibility index (Phi) is 5.15. The maximum absolute atomic E-state index is 12.8. The van der Waals surface area contributed by atoms with E-state index in [9.17, 15) is 10.1 Å². The molecule has 1 heterocycles. The van der Waals surface area contributed by atoms with Crippen LogP contribution in [0, 0.1) is 17.2 Å². The van der Waals surface area contributed by atoms with Crippen LogP contribution in [0.4, 0.5) is 0 Å². The van der Waals surface area contributed by atoms with E-state index in [-0.39, 0.29) is 0 Å². The van der Waals surface area contributed by atoms with Gasteiger partial charge in [0.1, 0.15) is 5.60 Å². The third kappa shape index (κ3) is 3.68. The van der Waals surface area contributed by atoms with E-state index in [0.717, 1.165) is 5.56 Å². The molecule has 0 radical (unpaired) electrons. The number of nitrogens with zero attached hydrogens (tertiary/aromatic N) is 2. The van der Waals surface area contributed by atoms with Crippen LogP contribution in [0.5, 0.6) is 0 Å². The Labute approximate surface area is 147 Å². The van der Waals surface area contributed by atoms with Crippen LogP contribution in [-0.4, -0.2) is 17.3 Å². The molecule has 2 unspecified atom stereocenters. The van der Waals surface area contributed by atoms with E-state index in [2.05, 4.69) is 11.1 Å². The number of benzene rings is 1. The van der Waals surface area contributed by atoms with E-state index >= 15 is 0 Å². The molecule has 1 aromatic rings. The number of ether oxygens (including phenoxy) is 1. The van der Waals surface area contributed by atoms with Gasteiger partial charge in [0.2, 0.25) is 0 Å². The zero-order valence-electron chi connectivity index (χ0n) is 14.6. The number of halogens is 1. The Morgan fingerprint density at radius 2 is 1.92 bits per heavy atom. The van der Waals surface area contributed by atoms with Gasteiger partial charge in [0.15, 0.2) is 0 Å². The van der Waals surface area contributed by atoms with Gasteiger partial charge in [-0.3, -0.25) is 4.99 Å². The molecule has 2 atom stereocenters. The minimum atomic E-state index is -0.631. The molecule has 0 amide bonds. The van der Waals surface area contributed by atoms with Crippen molar-refractivity contribution >= 4 is 23.3 Å². The SMILES string of the molecule is CC1=NC(C)=C(C(=O)OC(C)(C)C)C(c2ccccc2Cl)C1C#N. The lowest BCUT2D eigenvalue weighted by Crippen LogP contribution is -2.33. The summed E-state index contributed by atoms with van der Waals surface area (Å²) in [7, 11) is 0. The topological polar surface area (TPSA) is 62.4 Å². The molecule has 2 rings (SSSR count). The quantitative estimate of drug-likeness (QED) is 0.733. The lowest BCUT2D eigenvalue weighted by atomic mass is 9.76. The molecule has 1 aliphatic heterocycles. The van der Waals surface area contributed by atoms with E-state index in [1.807, 2.05) is 39.0 Å². The minimum Gasteiger partial charge on any atom is -0.457 e. The molecular weight excluding hydrogens is 324 g/mol. The zero-order chi connectivity index (χ0) is 18.1. The number of hydrogen-bond donors (Lipinski definition) is 0. The van der Waals surface area contributed by atoms with Crippen molar-refractivity contribution in [2.24, 2.45) is 10.9 Å². The summed E-state index contributed by atoms with van der Waals surface area (Å²) < 4.78 is 5.55. The molecule has 0 fully saturated rings. The number of esters is 1. The van der Waals surface area contributed by atoms with E-state index in [1.165, 1.54) is 0 Å². The molecule has 24 heavy (non-hydrogen) atoms. The molecular formula is C19H21ClN2O2. The first-order chi connectivity index (χ1) is 11.2. The monoisotopic (exact) mass is 344 g/mol. The van der Waals surface area contributed by atoms with Crippen molar-refractivity contribution in [3.63, 3.8) is 0 Å². The Morgan fingerprint density at radius 3 is 2.46 bits per heavy atom. The molecule has 4 nitrogen and oxygen atoms in total. The Balaban J connectivity index is 2.62. The average molecular weight is 345 g/mol. The van der Waals surface area contributed by atoms with Crippen LogP contribution in [0.2, 0.25) is 5.02 Å². The molecule has 0 saturated heterocycles. The summed E-state index contributed by atoms with van der Waals surface area (Å²) in [4.78, 5) is 17.2. The predicted octanol–water partition coefficient (Wildman–Crippen LogP) is 4.65. The number of allylic oxidation sites excluding steroid dienone is 1. The summed E-state index contributed by atoms with van der Waals surface area (Å²) in [5, 5.41) is 10.2. The van der Waals surface area contributed by atoms with Gasteiger partial charge in [0, 0.05) is 22.3 Å². The molecule has 0 spiro atoms. The van der Waals surface area contributed by atoms with Gasteiger partial charge in [0.25, 0.3) is 0 Å². The van der Waals surface area contributed by atoms with Gasteiger partial charge in [0.05, 0.1) is 17.6 Å². The zero-order valence-corrected chi connectivity index (χ0v) is 15.3. The van der Waals surface area contributed by atoms with Crippen LogP contribution < -0.4 is 0 Å². The van der Waals surface area contributed by atoms with Crippen molar-refractivity contribution in [3.05, 3.63) is 46.1 Å². The molecule has 0 N–H and O–H groups in total. The van der Waals surface area contributed by atoms with E-state index in [4.69, 9.17) is 16.3 Å². The smallest absolute Gasteiger partial charge is 0.337 e. The number of carbonyl (C=O) groups excluding carboxylic acids is 1. The van der Waals surface area contributed by atoms with Crippen molar-refractivity contribution in [3.8, 4) is 6.07 Å². The second kappa shape index (κ2) is 6.78. The van der Waals surface area contributed by atoms with Gasteiger partial charge in [-0.25, -0.2) is 4.79 Å². The van der Waals surface area contributed by atoms with Crippen LogP contribution in [0.3, 0.4) is 0 Å². The highest BCUT2D eigenvalue weighted by atomic mass is 35.5. The maximum atomic E-state index is 12.8. The molecule has 5 heteroatoms. The molecule has 0 saturated carbocycles. The molecule has 1 aromatic carbocycles. The van der Waals surface area contributed by atoms with Gasteiger partial charge >= 0.3 is 5.97 Å². The second-order valence-corrected chi connectivity index (χ2v) is 7.27. The first kappa shape index (κ1) is 18.2. The van der Waals surface area contributed by atoms with Gasteiger partial charge in [-0.05, 0) is 46.2 Å². The predicted molar refractivity (Wildman–Crippen MR) is 95.0 cm³/mol. The standard InChI is InChI=1S/C19H21ClN2O2/c1-11-14(10-21)17(13-8-6-7-9-15(13)20)16(12(2)22-11)18(23)24-19(3,4)5/h6-9,14,17H,1-5H3. The van der Waals surface area contributed by atoms with Crippen LogP contribution >= 0.6 is 11.6 Å². The largest absolute Gasteiger partial charge is 0.457 e. The summed E-state index contributed by atoms with van der Waals surface area (Å²) in [5.74, 6) is -1.51. The highest BCUT2D eigenvalue weighted by Gasteiger charge is 2.39. The van der Waals surface area contributed by atoms with Crippen molar-refractivity contribution < 1.29 is 9.53 Å². The van der Waals surface area contributed by atoms with Gasteiger partial charge in [-0.1, -0.05) is 29.8 Å². The second-order valence-electron chi connectivity index (χ2n) is 6.86. The first-order valence-corrected chi connectivity index (χ1v) is 8.17. The van der Waals surface area contributed by atoms with E-state index in [0.29, 0.717) is 22.0 Å². The van der Waals surface area contributed by atoms with Crippen molar-refractivity contribution in [2.45, 2.75) is 46.1 Å². The average Bonchev–Trinajstić information content (AvgIpc) is 2.45. The molecule has 1 aliphatic rings. The summed E-state index contributed by atoms with van der Waals surface area (Å²) >= 11 is 6.35. The maximum Gasteiger partial charge on any atom is 0.337 e. The van der Waals surface area contributed by atoms with Gasteiger partial charge < -0.3 is 4.74 Å². The van der Waals surface area contributed by atoms with Crippen LogP contribution in [-0.2, 0) is 9.53 Å². The fraction of sp³-hybridized carbons (Fsp3) is 0.421. The fourth-order valence-corrected chi connectivity index (χ4v) is 3.12. The summed E-state index contributed by atoms with van der Waals surface area (Å²) in [6.07, 6.45) is 0. The lowest BCUT2D eigenvalue weighted by molar-refractivity contribution is -0.150. The molecule has 126 valence electrons. The van der Waals surface area contributed by atoms with Crippen molar-refractivity contribution in [2.75, 3.05) is 0 Å². The molecule has 0 aromatic heterocycles. The molecule has 0 aliphatic carbocycles. The molecule has 0 bridgehead atoms. The summed E-state index contributed by atoms with van der Waals surface area (Å²) in [6, 6.07) is 9.53. The van der Waals surface area contributed by atoms with Gasteiger partial charge in [-0.15, -0.1) is 0 Å². The van der Waals surface area contributed by atoms with E-state index < -0.39 is 23.4 Å². The normalized spacial score (nSPS) is 21.1. The van der Waals surface area contributed by atoms with E-state index in [1.54, 1.807) is 19.9 Å². The Morgan fingerprint density at radius 1 is 1.29 bits per heavy atom. The highest BCUT2D eigenvalue weighted by Crippen LogP contribution is 2.42. The Bertz CT molecular complexity index is 766. The highest BCUT2D eigenvalue weighted by molar-refractivity contribution is 6.31. The summed E-state index contributed by atoms with van der Waals surface area (Å²) in [5.41, 5.74) is 1.74. The first-order valence-electron chi connectivity index (χ1n) is 7.79. The summed E-state index contributed by atoms with van der Waals surface area (Å²) in [6.45, 7) is 8.99. The van der Waals surface area contributed by atoms with Crippen LogP contribution in [0.25, 0.3) is 0 Å². The van der Waals surface area contributed by atoms with Crippen LogP contribution in [0.15, 0.2) is 40.5 Å². The number of rotatable bonds is 2. The number of carbonyl (C=O) groups is 1. The third-order valence-corrected chi connectivity index (χ3v) is 4.17.